The van der Waals surface area contributed by atoms with Gasteiger partial charge in [-0.25, -0.2) is 4.39 Å². The molecule has 16 heavy (non-hydrogen) atoms. The molecule has 0 radical (unpaired) electrons. The van der Waals surface area contributed by atoms with E-state index >= 15 is 0 Å². The molecule has 5 heteroatoms. The lowest BCUT2D eigenvalue weighted by molar-refractivity contribution is 0.619. The van der Waals surface area contributed by atoms with Gasteiger partial charge in [0.2, 0.25) is 0 Å². The van der Waals surface area contributed by atoms with Crippen molar-refractivity contribution >= 4 is 23.1 Å². The molecule has 0 saturated carbocycles. The van der Waals surface area contributed by atoms with Crippen LogP contribution in [0.3, 0.4) is 0 Å². The third-order valence-electron chi connectivity index (χ3n) is 2.58. The van der Waals surface area contributed by atoms with Gasteiger partial charge in [0.05, 0.1) is 10.9 Å². The number of hydrogen-bond donors (Lipinski definition) is 1. The first-order valence-electron chi connectivity index (χ1n) is 4.97. The average molecular weight is 238 g/mol. The van der Waals surface area contributed by atoms with Crippen LogP contribution in [-0.4, -0.2) is 9.55 Å². The van der Waals surface area contributed by atoms with E-state index in [2.05, 4.69) is 4.98 Å². The molecule has 0 aliphatic rings. The summed E-state index contributed by atoms with van der Waals surface area (Å²) in [7, 11) is 0. The lowest BCUT2D eigenvalue weighted by atomic mass is 10.1. The Bertz CT molecular complexity index is 672. The van der Waals surface area contributed by atoms with E-state index in [0.29, 0.717) is 27.8 Å². The van der Waals surface area contributed by atoms with E-state index < -0.39 is 0 Å². The summed E-state index contributed by atoms with van der Waals surface area (Å²) in [6.07, 6.45) is 0. The fraction of sp³-hybridized carbons (Fsp3) is 0.273. The van der Waals surface area contributed by atoms with Crippen molar-refractivity contribution in [3.05, 3.63) is 38.6 Å². The Morgan fingerprint density at radius 3 is 2.81 bits per heavy atom. The molecule has 3 nitrogen and oxygen atoms in total. The Kier molecular flexibility index (Phi) is 2.63. The summed E-state index contributed by atoms with van der Waals surface area (Å²) in [5.74, 6) is -0.341. The first-order valence-corrected chi connectivity index (χ1v) is 5.38. The minimum atomic E-state index is -0.341. The van der Waals surface area contributed by atoms with Crippen molar-refractivity contribution in [2.45, 2.75) is 20.4 Å². The van der Waals surface area contributed by atoms with E-state index in [0.717, 1.165) is 0 Å². The van der Waals surface area contributed by atoms with Crippen LogP contribution in [0.2, 0.25) is 0 Å². The van der Waals surface area contributed by atoms with Crippen LogP contribution < -0.4 is 5.56 Å². The summed E-state index contributed by atoms with van der Waals surface area (Å²) in [5, 5.41) is 0.467. The topological polar surface area (TPSA) is 37.8 Å². The van der Waals surface area contributed by atoms with Gasteiger partial charge in [-0.3, -0.25) is 9.36 Å². The monoisotopic (exact) mass is 238 g/mol. The molecule has 84 valence electrons. The van der Waals surface area contributed by atoms with E-state index in [9.17, 15) is 9.18 Å². The highest BCUT2D eigenvalue weighted by atomic mass is 32.1. The van der Waals surface area contributed by atoms with Gasteiger partial charge >= 0.3 is 0 Å². The third kappa shape index (κ3) is 1.57. The van der Waals surface area contributed by atoms with Gasteiger partial charge in [-0.2, -0.15) is 0 Å². The Balaban J connectivity index is 3.00. The summed E-state index contributed by atoms with van der Waals surface area (Å²) in [4.78, 5) is 14.9. The van der Waals surface area contributed by atoms with Crippen molar-refractivity contribution in [3.63, 3.8) is 0 Å². The smallest absolute Gasteiger partial charge is 0.262 e. The SMILES string of the molecule is CCn1c(=S)[nH]c2cc(F)c(C)cc2c1=O. The predicted molar refractivity (Wildman–Crippen MR) is 63.8 cm³/mol. The van der Waals surface area contributed by atoms with Crippen molar-refractivity contribution in [1.29, 1.82) is 0 Å². The predicted octanol–water partition coefficient (Wildman–Crippen LogP) is 2.53. The number of halogens is 1. The maximum atomic E-state index is 13.3. The third-order valence-corrected chi connectivity index (χ3v) is 2.90. The van der Waals surface area contributed by atoms with Crippen LogP contribution in [-0.2, 0) is 6.54 Å². The van der Waals surface area contributed by atoms with Crippen LogP contribution in [0.15, 0.2) is 16.9 Å². The van der Waals surface area contributed by atoms with Crippen molar-refractivity contribution in [3.8, 4) is 0 Å². The molecule has 0 spiro atoms. The average Bonchev–Trinajstić information content (AvgIpc) is 2.22. The largest absolute Gasteiger partial charge is 0.331 e. The molecule has 0 bridgehead atoms. The molecular weight excluding hydrogens is 227 g/mol. The van der Waals surface area contributed by atoms with Gasteiger partial charge in [0.15, 0.2) is 4.77 Å². The van der Waals surface area contributed by atoms with Crippen LogP contribution >= 0.6 is 12.2 Å². The van der Waals surface area contributed by atoms with Crippen LogP contribution in [0, 0.1) is 17.5 Å². The molecule has 0 atom stereocenters. The quantitative estimate of drug-likeness (QED) is 0.775. The van der Waals surface area contributed by atoms with E-state index in [1.807, 2.05) is 6.92 Å². The minimum Gasteiger partial charge on any atom is -0.331 e. The minimum absolute atomic E-state index is 0.177. The number of aromatic amines is 1. The number of benzene rings is 1. The number of fused-ring (bicyclic) bond motifs is 1. The van der Waals surface area contributed by atoms with E-state index in [1.165, 1.54) is 10.6 Å². The molecule has 2 aromatic rings. The Labute approximate surface area is 96.5 Å². The molecule has 0 aliphatic heterocycles. The summed E-state index contributed by atoms with van der Waals surface area (Å²) in [5.41, 5.74) is 0.727. The van der Waals surface area contributed by atoms with Gasteiger partial charge in [-0.15, -0.1) is 0 Å². The van der Waals surface area contributed by atoms with Crippen LogP contribution in [0.4, 0.5) is 4.39 Å². The lowest BCUT2D eigenvalue weighted by Gasteiger charge is -2.06. The van der Waals surface area contributed by atoms with Crippen molar-refractivity contribution < 1.29 is 4.39 Å². The molecule has 2 rings (SSSR count). The highest BCUT2D eigenvalue weighted by Gasteiger charge is 2.07. The van der Waals surface area contributed by atoms with Gasteiger partial charge in [0.25, 0.3) is 5.56 Å². The van der Waals surface area contributed by atoms with E-state index in [-0.39, 0.29) is 11.4 Å². The summed E-state index contributed by atoms with van der Waals surface area (Å²) < 4.78 is 15.1. The molecule has 1 aromatic heterocycles. The molecule has 1 heterocycles. The van der Waals surface area contributed by atoms with Crippen molar-refractivity contribution in [2.75, 3.05) is 0 Å². The second-order valence-corrected chi connectivity index (χ2v) is 4.01. The lowest BCUT2D eigenvalue weighted by Crippen LogP contribution is -2.21. The fourth-order valence-corrected chi connectivity index (χ4v) is 1.99. The normalized spacial score (nSPS) is 10.9. The van der Waals surface area contributed by atoms with Gasteiger partial charge in [-0.05, 0) is 43.8 Å². The van der Waals surface area contributed by atoms with Crippen LogP contribution in [0.1, 0.15) is 12.5 Å². The molecule has 0 fully saturated rings. The Morgan fingerprint density at radius 2 is 2.19 bits per heavy atom. The zero-order chi connectivity index (χ0) is 11.9. The number of rotatable bonds is 1. The number of aryl methyl sites for hydroxylation is 1. The van der Waals surface area contributed by atoms with Crippen LogP contribution in [0.5, 0.6) is 0 Å². The second kappa shape index (κ2) is 3.83. The van der Waals surface area contributed by atoms with E-state index in [1.54, 1.807) is 13.0 Å². The number of H-pyrrole nitrogens is 1. The number of nitrogens with one attached hydrogen (secondary N) is 1. The van der Waals surface area contributed by atoms with Gasteiger partial charge < -0.3 is 4.98 Å². The summed E-state index contributed by atoms with van der Waals surface area (Å²) in [6.45, 7) is 3.97. The van der Waals surface area contributed by atoms with Crippen molar-refractivity contribution in [2.24, 2.45) is 0 Å². The van der Waals surface area contributed by atoms with Crippen LogP contribution in [0.25, 0.3) is 10.9 Å². The Morgan fingerprint density at radius 1 is 1.50 bits per heavy atom. The molecular formula is C11H11FN2OS. The molecule has 0 amide bonds. The maximum Gasteiger partial charge on any atom is 0.262 e. The fourth-order valence-electron chi connectivity index (χ4n) is 1.67. The van der Waals surface area contributed by atoms with E-state index in [4.69, 9.17) is 12.2 Å². The second-order valence-electron chi connectivity index (χ2n) is 3.63. The number of hydrogen-bond acceptors (Lipinski definition) is 2. The first-order chi connectivity index (χ1) is 7.54. The van der Waals surface area contributed by atoms with Crippen molar-refractivity contribution in [1.82, 2.24) is 9.55 Å². The summed E-state index contributed by atoms with van der Waals surface area (Å²) >= 11 is 5.03. The number of nitrogens with zero attached hydrogens (tertiary/aromatic N) is 1. The zero-order valence-corrected chi connectivity index (χ0v) is 9.82. The molecule has 0 saturated heterocycles. The standard InChI is InChI=1S/C11H11FN2OS/c1-3-14-10(15)7-4-6(2)8(12)5-9(7)13-11(14)16/h4-5H,3H2,1-2H3,(H,13,16). The molecule has 1 aromatic carbocycles. The number of aromatic nitrogens is 2. The highest BCUT2D eigenvalue weighted by molar-refractivity contribution is 7.71. The molecule has 0 unspecified atom stereocenters. The van der Waals surface area contributed by atoms with Gasteiger partial charge in [0.1, 0.15) is 5.82 Å². The molecule has 0 aliphatic carbocycles. The first kappa shape index (κ1) is 11.0. The highest BCUT2D eigenvalue weighted by Crippen LogP contribution is 2.13. The van der Waals surface area contributed by atoms with Gasteiger partial charge in [0, 0.05) is 6.54 Å². The van der Waals surface area contributed by atoms with Gasteiger partial charge in [-0.1, -0.05) is 0 Å². The Hall–Kier alpha value is -1.49. The molecule has 1 N–H and O–H groups in total. The zero-order valence-electron chi connectivity index (χ0n) is 9.00. The summed E-state index contributed by atoms with van der Waals surface area (Å²) in [6, 6.07) is 2.85. The maximum absolute atomic E-state index is 13.3.